The van der Waals surface area contributed by atoms with Crippen molar-refractivity contribution in [3.8, 4) is 5.75 Å². The second kappa shape index (κ2) is 8.95. The molecule has 1 aromatic heterocycles. The number of nitrogens with zero attached hydrogens (tertiary/aromatic N) is 2. The van der Waals surface area contributed by atoms with E-state index in [0.717, 1.165) is 28.3 Å². The molecule has 3 rings (SSSR count). The molecule has 0 aliphatic heterocycles. The van der Waals surface area contributed by atoms with Gasteiger partial charge in [-0.15, -0.1) is 0 Å². The number of hydrogen-bond acceptors (Lipinski definition) is 3. The van der Waals surface area contributed by atoms with Gasteiger partial charge in [0.2, 0.25) is 0 Å². The van der Waals surface area contributed by atoms with Gasteiger partial charge >= 0.3 is 0 Å². The molecule has 2 aromatic carbocycles. The Morgan fingerprint density at radius 2 is 1.86 bits per heavy atom. The van der Waals surface area contributed by atoms with Crippen molar-refractivity contribution in [1.82, 2.24) is 15.1 Å². The molecule has 152 valence electrons. The quantitative estimate of drug-likeness (QED) is 0.637. The highest BCUT2D eigenvalue weighted by Gasteiger charge is 2.12. The number of benzene rings is 2. The average Bonchev–Trinajstić information content (AvgIpc) is 2.96. The molecule has 0 spiro atoms. The van der Waals surface area contributed by atoms with E-state index >= 15 is 0 Å². The summed E-state index contributed by atoms with van der Waals surface area (Å²) in [6, 6.07) is 15.7. The first-order valence-electron chi connectivity index (χ1n) is 9.94. The summed E-state index contributed by atoms with van der Waals surface area (Å²) in [4.78, 5) is 12.6. The van der Waals surface area contributed by atoms with Crippen molar-refractivity contribution in [3.05, 3.63) is 82.2 Å². The Labute approximate surface area is 172 Å². The van der Waals surface area contributed by atoms with E-state index in [1.54, 1.807) is 0 Å². The largest absolute Gasteiger partial charge is 0.489 e. The van der Waals surface area contributed by atoms with Crippen LogP contribution >= 0.6 is 0 Å². The molecule has 5 heteroatoms. The Balaban J connectivity index is 1.60. The van der Waals surface area contributed by atoms with Gasteiger partial charge in [-0.2, -0.15) is 5.10 Å². The molecule has 5 nitrogen and oxygen atoms in total. The lowest BCUT2D eigenvalue weighted by Crippen LogP contribution is -2.23. The van der Waals surface area contributed by atoms with Gasteiger partial charge in [0.15, 0.2) is 0 Å². The molecular formula is C24H29N3O2. The van der Waals surface area contributed by atoms with E-state index in [9.17, 15) is 4.79 Å². The average molecular weight is 392 g/mol. The van der Waals surface area contributed by atoms with Crippen LogP contribution in [0, 0.1) is 13.8 Å². The maximum Gasteiger partial charge on any atom is 0.251 e. The highest BCUT2D eigenvalue weighted by Crippen LogP contribution is 2.20. The number of hydrogen-bond donors (Lipinski definition) is 1. The first-order valence-corrected chi connectivity index (χ1v) is 9.94. The van der Waals surface area contributed by atoms with Crippen LogP contribution in [0.15, 0.2) is 48.5 Å². The number of amides is 1. The summed E-state index contributed by atoms with van der Waals surface area (Å²) < 4.78 is 7.72. The van der Waals surface area contributed by atoms with E-state index in [4.69, 9.17) is 4.74 Å². The summed E-state index contributed by atoms with van der Waals surface area (Å²) in [5.41, 5.74) is 5.93. The maximum atomic E-state index is 12.6. The molecule has 1 heterocycles. The number of ether oxygens (including phenoxy) is 1. The monoisotopic (exact) mass is 391 g/mol. The minimum atomic E-state index is -0.101. The summed E-state index contributed by atoms with van der Waals surface area (Å²) in [5, 5.41) is 7.39. The normalized spacial score (nSPS) is 11.0. The van der Waals surface area contributed by atoms with E-state index in [2.05, 4.69) is 36.4 Å². The maximum absolute atomic E-state index is 12.6. The van der Waals surface area contributed by atoms with Crippen LogP contribution in [0.4, 0.5) is 0 Å². The number of nitrogens with one attached hydrogen (secondary N) is 1. The molecule has 0 aliphatic rings. The standard InChI is InChI=1S/C24H29N3O2/c1-16(2)20-9-11-22(12-10-20)29-15-19-7-6-8-21(13-19)24(28)25-14-23-17(3)26-27(5)18(23)4/h6-13,16H,14-15H2,1-5H3,(H,25,28). The van der Waals surface area contributed by atoms with Crippen LogP contribution in [-0.4, -0.2) is 15.7 Å². The fourth-order valence-electron chi connectivity index (χ4n) is 3.26. The van der Waals surface area contributed by atoms with Crippen LogP contribution in [0.2, 0.25) is 0 Å². The Hall–Kier alpha value is -3.08. The molecule has 0 atom stereocenters. The lowest BCUT2D eigenvalue weighted by atomic mass is 10.0. The number of carbonyl (C=O) groups is 1. The molecule has 1 N–H and O–H groups in total. The third-order valence-electron chi connectivity index (χ3n) is 5.23. The number of aryl methyl sites for hydroxylation is 2. The van der Waals surface area contributed by atoms with Crippen LogP contribution in [-0.2, 0) is 20.2 Å². The molecule has 0 radical (unpaired) electrons. The Kier molecular flexibility index (Phi) is 6.37. The third kappa shape index (κ3) is 5.05. The fourth-order valence-corrected chi connectivity index (χ4v) is 3.26. The van der Waals surface area contributed by atoms with E-state index in [1.165, 1.54) is 5.56 Å². The van der Waals surface area contributed by atoms with Crippen molar-refractivity contribution in [2.45, 2.75) is 46.8 Å². The number of rotatable bonds is 7. The lowest BCUT2D eigenvalue weighted by Gasteiger charge is -2.10. The highest BCUT2D eigenvalue weighted by molar-refractivity contribution is 5.94. The van der Waals surface area contributed by atoms with E-state index in [1.807, 2.05) is 62.0 Å². The molecule has 29 heavy (non-hydrogen) atoms. The Morgan fingerprint density at radius 3 is 2.48 bits per heavy atom. The second-order valence-corrected chi connectivity index (χ2v) is 7.67. The fraction of sp³-hybridized carbons (Fsp3) is 0.333. The van der Waals surface area contributed by atoms with Crippen molar-refractivity contribution in [2.24, 2.45) is 7.05 Å². The molecule has 3 aromatic rings. The zero-order valence-electron chi connectivity index (χ0n) is 17.8. The predicted octanol–water partition coefficient (Wildman–Crippen LogP) is 4.67. The third-order valence-corrected chi connectivity index (χ3v) is 5.23. The summed E-state index contributed by atoms with van der Waals surface area (Å²) in [6.45, 7) is 9.19. The minimum Gasteiger partial charge on any atom is -0.489 e. The van der Waals surface area contributed by atoms with Crippen LogP contribution in [0.1, 0.15) is 58.2 Å². The Morgan fingerprint density at radius 1 is 1.14 bits per heavy atom. The minimum absolute atomic E-state index is 0.101. The van der Waals surface area contributed by atoms with Gasteiger partial charge in [0, 0.05) is 30.4 Å². The van der Waals surface area contributed by atoms with Crippen molar-refractivity contribution in [3.63, 3.8) is 0 Å². The molecule has 0 saturated carbocycles. The second-order valence-electron chi connectivity index (χ2n) is 7.67. The van der Waals surface area contributed by atoms with Gasteiger partial charge in [0.25, 0.3) is 5.91 Å². The summed E-state index contributed by atoms with van der Waals surface area (Å²) in [7, 11) is 1.91. The number of aromatic nitrogens is 2. The summed E-state index contributed by atoms with van der Waals surface area (Å²) in [6.07, 6.45) is 0. The molecule has 0 fully saturated rings. The molecule has 0 aliphatic carbocycles. The summed E-state index contributed by atoms with van der Waals surface area (Å²) >= 11 is 0. The van der Waals surface area contributed by atoms with Crippen molar-refractivity contribution >= 4 is 5.91 Å². The van der Waals surface area contributed by atoms with Crippen molar-refractivity contribution < 1.29 is 9.53 Å². The van der Waals surface area contributed by atoms with Gasteiger partial charge in [-0.3, -0.25) is 9.48 Å². The predicted molar refractivity (Wildman–Crippen MR) is 115 cm³/mol. The van der Waals surface area contributed by atoms with Gasteiger partial charge in [-0.05, 0) is 55.2 Å². The van der Waals surface area contributed by atoms with Gasteiger partial charge < -0.3 is 10.1 Å². The highest BCUT2D eigenvalue weighted by atomic mass is 16.5. The van der Waals surface area contributed by atoms with Crippen LogP contribution in [0.5, 0.6) is 5.75 Å². The van der Waals surface area contributed by atoms with E-state index in [-0.39, 0.29) is 5.91 Å². The van der Waals surface area contributed by atoms with Crippen LogP contribution in [0.25, 0.3) is 0 Å². The van der Waals surface area contributed by atoms with Crippen LogP contribution < -0.4 is 10.1 Å². The van der Waals surface area contributed by atoms with Crippen LogP contribution in [0.3, 0.4) is 0 Å². The van der Waals surface area contributed by atoms with Gasteiger partial charge in [-0.25, -0.2) is 0 Å². The number of carbonyl (C=O) groups excluding carboxylic acids is 1. The van der Waals surface area contributed by atoms with Crippen molar-refractivity contribution in [1.29, 1.82) is 0 Å². The van der Waals surface area contributed by atoms with E-state index < -0.39 is 0 Å². The lowest BCUT2D eigenvalue weighted by molar-refractivity contribution is 0.0950. The molecule has 0 bridgehead atoms. The molecule has 0 unspecified atom stereocenters. The first kappa shape index (κ1) is 20.6. The van der Waals surface area contributed by atoms with Crippen molar-refractivity contribution in [2.75, 3.05) is 0 Å². The Bertz CT molecular complexity index is 988. The van der Waals surface area contributed by atoms with E-state index in [0.29, 0.717) is 24.6 Å². The van der Waals surface area contributed by atoms with Gasteiger partial charge in [0.05, 0.1) is 5.69 Å². The molecule has 0 saturated heterocycles. The van der Waals surface area contributed by atoms with Gasteiger partial charge in [-0.1, -0.05) is 38.1 Å². The zero-order valence-corrected chi connectivity index (χ0v) is 17.8. The molecule has 1 amide bonds. The smallest absolute Gasteiger partial charge is 0.251 e. The zero-order chi connectivity index (χ0) is 21.0. The first-order chi connectivity index (χ1) is 13.8. The molecular weight excluding hydrogens is 362 g/mol. The topological polar surface area (TPSA) is 56.2 Å². The van der Waals surface area contributed by atoms with Gasteiger partial charge in [0.1, 0.15) is 12.4 Å². The SMILES string of the molecule is Cc1nn(C)c(C)c1CNC(=O)c1cccc(COc2ccc(C(C)C)cc2)c1. The summed E-state index contributed by atoms with van der Waals surface area (Å²) in [5.74, 6) is 1.22.